The molecule has 0 bridgehead atoms. The SMILES string of the molecule is Cc1ccccc1NC(=O)COc1ccc(Br)cc1/C=C1/C(=O)NC(=O)N(c2ccc([N+](=O)[O-])cc2)C1=O. The first kappa shape index (κ1) is 26.2. The number of hydrogen-bond acceptors (Lipinski definition) is 7. The summed E-state index contributed by atoms with van der Waals surface area (Å²) in [5.74, 6) is -2.07. The zero-order chi connectivity index (χ0) is 27.4. The number of amides is 5. The Hall–Kier alpha value is -4.84. The molecule has 2 N–H and O–H groups in total. The topological polar surface area (TPSA) is 148 Å². The number of barbiturate groups is 1. The lowest BCUT2D eigenvalue weighted by atomic mass is 10.1. The number of halogens is 1. The number of nitrogens with one attached hydrogen (secondary N) is 2. The summed E-state index contributed by atoms with van der Waals surface area (Å²) in [6, 6.07) is 15.8. The Labute approximate surface area is 224 Å². The summed E-state index contributed by atoms with van der Waals surface area (Å²) in [7, 11) is 0. The van der Waals surface area contributed by atoms with Crippen LogP contribution in [0.3, 0.4) is 0 Å². The van der Waals surface area contributed by atoms with Gasteiger partial charge in [0.2, 0.25) is 0 Å². The van der Waals surface area contributed by atoms with Gasteiger partial charge in [0.15, 0.2) is 6.61 Å². The van der Waals surface area contributed by atoms with E-state index in [1.165, 1.54) is 18.2 Å². The van der Waals surface area contributed by atoms with E-state index in [4.69, 9.17) is 4.74 Å². The Morgan fingerprint density at radius 2 is 1.82 bits per heavy atom. The maximum absolute atomic E-state index is 13.2. The molecule has 5 amide bonds. The van der Waals surface area contributed by atoms with Crippen LogP contribution in [-0.2, 0) is 14.4 Å². The molecule has 0 aromatic heterocycles. The van der Waals surface area contributed by atoms with Crippen molar-refractivity contribution in [3.8, 4) is 5.75 Å². The third kappa shape index (κ3) is 5.76. The normalized spacial score (nSPS) is 14.3. The number of imide groups is 2. The molecule has 3 aromatic carbocycles. The number of nitro benzene ring substituents is 1. The number of para-hydroxylation sites is 1. The Kier molecular flexibility index (Phi) is 7.63. The molecular formula is C26H19BrN4O7. The van der Waals surface area contributed by atoms with Gasteiger partial charge in [-0.25, -0.2) is 9.69 Å². The molecule has 1 saturated heterocycles. The van der Waals surface area contributed by atoms with Crippen LogP contribution in [-0.4, -0.2) is 35.3 Å². The van der Waals surface area contributed by atoms with Crippen LogP contribution in [0.1, 0.15) is 11.1 Å². The van der Waals surface area contributed by atoms with Gasteiger partial charge in [-0.2, -0.15) is 0 Å². The van der Waals surface area contributed by atoms with Gasteiger partial charge in [-0.15, -0.1) is 0 Å². The van der Waals surface area contributed by atoms with Crippen molar-refractivity contribution < 1.29 is 28.8 Å². The number of rotatable bonds is 7. The molecule has 0 aliphatic carbocycles. The fraction of sp³-hybridized carbons (Fsp3) is 0.0769. The fourth-order valence-corrected chi connectivity index (χ4v) is 3.96. The summed E-state index contributed by atoms with van der Waals surface area (Å²) >= 11 is 3.33. The van der Waals surface area contributed by atoms with Crippen LogP contribution in [0.15, 0.2) is 76.8 Å². The highest BCUT2D eigenvalue weighted by Gasteiger charge is 2.37. The molecule has 0 radical (unpaired) electrons. The second kappa shape index (κ2) is 11.0. The van der Waals surface area contributed by atoms with E-state index < -0.39 is 28.7 Å². The first-order chi connectivity index (χ1) is 18.1. The van der Waals surface area contributed by atoms with Crippen molar-refractivity contribution in [3.05, 3.63) is 98.0 Å². The summed E-state index contributed by atoms with van der Waals surface area (Å²) in [4.78, 5) is 61.7. The van der Waals surface area contributed by atoms with Crippen LogP contribution < -0.4 is 20.3 Å². The van der Waals surface area contributed by atoms with Crippen LogP contribution in [0.5, 0.6) is 5.75 Å². The van der Waals surface area contributed by atoms with Crippen molar-refractivity contribution in [1.82, 2.24) is 5.32 Å². The van der Waals surface area contributed by atoms with E-state index in [9.17, 15) is 29.3 Å². The minimum atomic E-state index is -0.996. The number of nitro groups is 1. The molecule has 1 aliphatic heterocycles. The minimum Gasteiger partial charge on any atom is -0.483 e. The van der Waals surface area contributed by atoms with Gasteiger partial charge < -0.3 is 10.1 Å². The molecule has 1 aliphatic rings. The number of non-ortho nitro benzene ring substituents is 1. The zero-order valence-corrected chi connectivity index (χ0v) is 21.4. The van der Waals surface area contributed by atoms with Crippen molar-refractivity contribution >= 4 is 62.8 Å². The Bertz CT molecular complexity index is 1500. The highest BCUT2D eigenvalue weighted by Crippen LogP contribution is 2.29. The van der Waals surface area contributed by atoms with Crippen molar-refractivity contribution in [1.29, 1.82) is 0 Å². The number of urea groups is 1. The fourth-order valence-electron chi connectivity index (χ4n) is 3.58. The molecule has 0 atom stereocenters. The van der Waals surface area contributed by atoms with E-state index in [1.807, 2.05) is 19.1 Å². The number of aryl methyl sites for hydroxylation is 1. The van der Waals surface area contributed by atoms with E-state index in [0.29, 0.717) is 20.6 Å². The van der Waals surface area contributed by atoms with E-state index in [0.717, 1.165) is 17.7 Å². The van der Waals surface area contributed by atoms with Gasteiger partial charge in [-0.05, 0) is 55.0 Å². The van der Waals surface area contributed by atoms with Gasteiger partial charge in [0.1, 0.15) is 11.3 Å². The maximum Gasteiger partial charge on any atom is 0.335 e. The lowest BCUT2D eigenvalue weighted by Crippen LogP contribution is -2.54. The highest BCUT2D eigenvalue weighted by atomic mass is 79.9. The average molecular weight is 579 g/mol. The monoisotopic (exact) mass is 578 g/mol. The molecule has 38 heavy (non-hydrogen) atoms. The summed E-state index contributed by atoms with van der Waals surface area (Å²) in [6.45, 7) is 1.51. The number of carbonyl (C=O) groups is 4. The average Bonchev–Trinajstić information content (AvgIpc) is 2.87. The second-order valence-electron chi connectivity index (χ2n) is 8.07. The van der Waals surface area contributed by atoms with Gasteiger partial charge in [0, 0.05) is 27.9 Å². The molecular weight excluding hydrogens is 560 g/mol. The number of hydrogen-bond donors (Lipinski definition) is 2. The van der Waals surface area contributed by atoms with Gasteiger partial charge >= 0.3 is 6.03 Å². The molecule has 1 fully saturated rings. The molecule has 3 aromatic rings. The molecule has 0 spiro atoms. The Balaban J connectivity index is 1.59. The van der Waals surface area contributed by atoms with Crippen molar-refractivity contribution in [2.24, 2.45) is 0 Å². The first-order valence-electron chi connectivity index (χ1n) is 11.1. The van der Waals surface area contributed by atoms with Crippen LogP contribution in [0, 0.1) is 17.0 Å². The van der Waals surface area contributed by atoms with Crippen molar-refractivity contribution in [2.45, 2.75) is 6.92 Å². The molecule has 12 heteroatoms. The lowest BCUT2D eigenvalue weighted by molar-refractivity contribution is -0.384. The minimum absolute atomic E-state index is 0.0371. The number of anilines is 2. The number of nitrogens with zero attached hydrogens (tertiary/aromatic N) is 2. The molecule has 11 nitrogen and oxygen atoms in total. The smallest absolute Gasteiger partial charge is 0.335 e. The van der Waals surface area contributed by atoms with E-state index in [2.05, 4.69) is 26.6 Å². The maximum atomic E-state index is 13.2. The Morgan fingerprint density at radius 1 is 1.11 bits per heavy atom. The molecule has 0 saturated carbocycles. The summed E-state index contributed by atoms with van der Waals surface area (Å²) in [5.41, 5.74) is 1.24. The summed E-state index contributed by atoms with van der Waals surface area (Å²) in [5, 5.41) is 15.8. The van der Waals surface area contributed by atoms with E-state index in [1.54, 1.807) is 30.3 Å². The van der Waals surface area contributed by atoms with Crippen LogP contribution in [0.2, 0.25) is 0 Å². The number of benzene rings is 3. The van der Waals surface area contributed by atoms with Crippen LogP contribution >= 0.6 is 15.9 Å². The summed E-state index contributed by atoms with van der Waals surface area (Å²) in [6.07, 6.45) is 1.24. The van der Waals surface area contributed by atoms with Gasteiger partial charge in [-0.3, -0.25) is 29.8 Å². The summed E-state index contributed by atoms with van der Waals surface area (Å²) < 4.78 is 6.29. The predicted molar refractivity (Wildman–Crippen MR) is 142 cm³/mol. The third-order valence-corrected chi connectivity index (χ3v) is 5.96. The second-order valence-corrected chi connectivity index (χ2v) is 8.98. The van der Waals surface area contributed by atoms with Crippen LogP contribution in [0.4, 0.5) is 21.9 Å². The standard InChI is InChI=1S/C26H19BrN4O7/c1-15-4-2-3-5-21(15)28-23(32)14-38-22-11-6-17(27)12-16(22)13-20-24(33)29-26(35)30(25(20)34)18-7-9-19(10-8-18)31(36)37/h2-13H,14H2,1H3,(H,28,32)(H,29,33,35)/b20-13-. The lowest BCUT2D eigenvalue weighted by Gasteiger charge is -2.26. The number of ether oxygens (including phenoxy) is 1. The van der Waals surface area contributed by atoms with Gasteiger partial charge in [0.25, 0.3) is 23.4 Å². The van der Waals surface area contributed by atoms with Crippen molar-refractivity contribution in [2.75, 3.05) is 16.8 Å². The largest absolute Gasteiger partial charge is 0.483 e. The molecule has 0 unspecified atom stereocenters. The number of carbonyl (C=O) groups excluding carboxylic acids is 4. The quantitative estimate of drug-likeness (QED) is 0.183. The van der Waals surface area contributed by atoms with Gasteiger partial charge in [0.05, 0.1) is 10.6 Å². The van der Waals surface area contributed by atoms with Crippen LogP contribution in [0.25, 0.3) is 6.08 Å². The molecule has 1 heterocycles. The van der Waals surface area contributed by atoms with Gasteiger partial charge in [-0.1, -0.05) is 34.1 Å². The first-order valence-corrected chi connectivity index (χ1v) is 11.9. The molecule has 4 rings (SSSR count). The predicted octanol–water partition coefficient (Wildman–Crippen LogP) is 4.35. The van der Waals surface area contributed by atoms with Crippen molar-refractivity contribution in [3.63, 3.8) is 0 Å². The Morgan fingerprint density at radius 3 is 2.50 bits per heavy atom. The third-order valence-electron chi connectivity index (χ3n) is 5.47. The highest BCUT2D eigenvalue weighted by molar-refractivity contribution is 9.10. The van der Waals surface area contributed by atoms with E-state index >= 15 is 0 Å². The molecule has 192 valence electrons. The van der Waals surface area contributed by atoms with E-state index in [-0.39, 0.29) is 29.3 Å². The zero-order valence-electron chi connectivity index (χ0n) is 19.8.